The van der Waals surface area contributed by atoms with Crippen molar-refractivity contribution in [2.24, 2.45) is 0 Å². The van der Waals surface area contributed by atoms with Crippen molar-refractivity contribution >= 4 is 38.6 Å². The molecular weight excluding hydrogens is 370 g/mol. The van der Waals surface area contributed by atoms with Crippen LogP contribution in [0, 0.1) is 11.3 Å². The zero-order chi connectivity index (χ0) is 18.6. The van der Waals surface area contributed by atoms with E-state index < -0.39 is 15.9 Å². The molecule has 6 nitrogen and oxygen atoms in total. The lowest BCUT2D eigenvalue weighted by Gasteiger charge is -2.09. The number of amides is 1. The summed E-state index contributed by atoms with van der Waals surface area (Å²) in [6.07, 6.45) is 0. The molecule has 0 aliphatic heterocycles. The van der Waals surface area contributed by atoms with Crippen LogP contribution in [0.5, 0.6) is 0 Å². The van der Waals surface area contributed by atoms with Gasteiger partial charge in [-0.05, 0) is 47.8 Å². The van der Waals surface area contributed by atoms with Gasteiger partial charge in [0.25, 0.3) is 15.9 Å². The third-order valence-corrected chi connectivity index (χ3v) is 6.17. The van der Waals surface area contributed by atoms with Crippen molar-refractivity contribution in [3.05, 3.63) is 77.2 Å². The standard InChI is InChI=1S/C18H13N3O3S2/c19-12-13-4-1-6-15(10-13)20-18(22)14-5-2-7-16(11-14)21-26(23,24)17-8-3-9-25-17/h1-11,21H,(H,20,22). The minimum absolute atomic E-state index is 0.195. The summed E-state index contributed by atoms with van der Waals surface area (Å²) in [6.45, 7) is 0. The second-order valence-corrected chi connectivity index (χ2v) is 8.12. The summed E-state index contributed by atoms with van der Waals surface area (Å²) in [7, 11) is -3.68. The Balaban J connectivity index is 1.78. The number of rotatable bonds is 5. The van der Waals surface area contributed by atoms with Crippen LogP contribution in [-0.4, -0.2) is 14.3 Å². The van der Waals surface area contributed by atoms with E-state index in [-0.39, 0.29) is 9.90 Å². The van der Waals surface area contributed by atoms with Crippen LogP contribution in [0.4, 0.5) is 11.4 Å². The summed E-state index contributed by atoms with van der Waals surface area (Å²) in [5.41, 5.74) is 1.49. The summed E-state index contributed by atoms with van der Waals surface area (Å²) in [5.74, 6) is -0.405. The average molecular weight is 383 g/mol. The number of hydrogen-bond donors (Lipinski definition) is 2. The molecule has 0 aliphatic rings. The van der Waals surface area contributed by atoms with Gasteiger partial charge in [0.05, 0.1) is 11.6 Å². The molecule has 0 fully saturated rings. The van der Waals surface area contributed by atoms with Gasteiger partial charge in [-0.1, -0.05) is 18.2 Å². The molecule has 0 spiro atoms. The highest BCUT2D eigenvalue weighted by molar-refractivity contribution is 7.94. The van der Waals surface area contributed by atoms with Crippen molar-refractivity contribution in [2.75, 3.05) is 10.0 Å². The maximum atomic E-state index is 12.4. The first kappa shape index (κ1) is 17.7. The second-order valence-electron chi connectivity index (χ2n) is 5.27. The smallest absolute Gasteiger partial charge is 0.271 e. The van der Waals surface area contributed by atoms with Crippen LogP contribution in [0.3, 0.4) is 0 Å². The number of sulfonamides is 1. The molecule has 3 aromatic rings. The molecular formula is C18H13N3O3S2. The Morgan fingerprint density at radius 1 is 1.00 bits per heavy atom. The molecule has 26 heavy (non-hydrogen) atoms. The van der Waals surface area contributed by atoms with Gasteiger partial charge in [-0.3, -0.25) is 9.52 Å². The highest BCUT2D eigenvalue weighted by atomic mass is 32.2. The Bertz CT molecular complexity index is 1080. The summed E-state index contributed by atoms with van der Waals surface area (Å²) < 4.78 is 27.2. The summed E-state index contributed by atoms with van der Waals surface area (Å²) >= 11 is 1.11. The van der Waals surface area contributed by atoms with Crippen molar-refractivity contribution in [1.82, 2.24) is 0 Å². The fourth-order valence-corrected chi connectivity index (χ4v) is 4.26. The van der Waals surface area contributed by atoms with Gasteiger partial charge in [-0.25, -0.2) is 8.42 Å². The van der Waals surface area contributed by atoms with Crippen LogP contribution >= 0.6 is 11.3 Å². The maximum Gasteiger partial charge on any atom is 0.271 e. The zero-order valence-electron chi connectivity index (χ0n) is 13.3. The molecule has 0 aliphatic carbocycles. The summed E-state index contributed by atoms with van der Waals surface area (Å²) in [4.78, 5) is 12.4. The fraction of sp³-hybridized carbons (Fsp3) is 0. The largest absolute Gasteiger partial charge is 0.322 e. The Hall–Kier alpha value is -3.15. The van der Waals surface area contributed by atoms with E-state index >= 15 is 0 Å². The number of benzene rings is 2. The van der Waals surface area contributed by atoms with E-state index in [1.165, 1.54) is 12.1 Å². The third-order valence-electron chi connectivity index (χ3n) is 3.39. The number of hydrogen-bond acceptors (Lipinski definition) is 5. The van der Waals surface area contributed by atoms with Gasteiger partial charge >= 0.3 is 0 Å². The van der Waals surface area contributed by atoms with Gasteiger partial charge in [0.1, 0.15) is 4.21 Å². The average Bonchev–Trinajstić information content (AvgIpc) is 3.17. The second kappa shape index (κ2) is 7.39. The Morgan fingerprint density at radius 3 is 2.50 bits per heavy atom. The number of nitrogens with zero attached hydrogens (tertiary/aromatic N) is 1. The van der Waals surface area contributed by atoms with Gasteiger partial charge in [0, 0.05) is 16.9 Å². The zero-order valence-corrected chi connectivity index (χ0v) is 15.0. The quantitative estimate of drug-likeness (QED) is 0.702. The molecule has 130 valence electrons. The highest BCUT2D eigenvalue weighted by Crippen LogP contribution is 2.21. The Labute approximate surface area is 154 Å². The number of carbonyl (C=O) groups is 1. The maximum absolute atomic E-state index is 12.4. The van der Waals surface area contributed by atoms with Crippen LogP contribution in [0.25, 0.3) is 0 Å². The monoisotopic (exact) mass is 383 g/mol. The molecule has 1 aromatic heterocycles. The van der Waals surface area contributed by atoms with Gasteiger partial charge in [-0.15, -0.1) is 11.3 Å². The number of nitrogens with one attached hydrogen (secondary N) is 2. The van der Waals surface area contributed by atoms with Crippen LogP contribution in [0.1, 0.15) is 15.9 Å². The molecule has 0 saturated carbocycles. The third kappa shape index (κ3) is 4.08. The number of nitriles is 1. The minimum atomic E-state index is -3.68. The van der Waals surface area contributed by atoms with Gasteiger partial charge < -0.3 is 5.32 Å². The number of anilines is 2. The van der Waals surface area contributed by atoms with Crippen molar-refractivity contribution in [3.63, 3.8) is 0 Å². The van der Waals surface area contributed by atoms with Crippen molar-refractivity contribution in [2.45, 2.75) is 4.21 Å². The van der Waals surface area contributed by atoms with E-state index in [4.69, 9.17) is 5.26 Å². The molecule has 2 N–H and O–H groups in total. The lowest BCUT2D eigenvalue weighted by molar-refractivity contribution is 0.102. The van der Waals surface area contributed by atoms with Crippen molar-refractivity contribution in [3.8, 4) is 6.07 Å². The molecule has 0 bridgehead atoms. The van der Waals surface area contributed by atoms with Gasteiger partial charge in [0.15, 0.2) is 0 Å². The SMILES string of the molecule is N#Cc1cccc(NC(=O)c2cccc(NS(=O)(=O)c3cccs3)c2)c1. The molecule has 0 radical (unpaired) electrons. The van der Waals surface area contributed by atoms with Crippen molar-refractivity contribution in [1.29, 1.82) is 5.26 Å². The summed E-state index contributed by atoms with van der Waals surface area (Å²) in [5, 5.41) is 13.3. The predicted octanol–water partition coefficient (Wildman–Crippen LogP) is 3.67. The van der Waals surface area contributed by atoms with E-state index in [1.807, 2.05) is 6.07 Å². The fourth-order valence-electron chi connectivity index (χ4n) is 2.22. The molecule has 1 amide bonds. The molecule has 0 saturated heterocycles. The molecule has 0 atom stereocenters. The van der Waals surface area contributed by atoms with E-state index in [1.54, 1.807) is 53.9 Å². The molecule has 0 unspecified atom stereocenters. The van der Waals surface area contributed by atoms with E-state index in [9.17, 15) is 13.2 Å². The van der Waals surface area contributed by atoms with Crippen LogP contribution in [-0.2, 0) is 10.0 Å². The first-order valence-electron chi connectivity index (χ1n) is 7.46. The Morgan fingerprint density at radius 2 is 1.77 bits per heavy atom. The van der Waals surface area contributed by atoms with Crippen LogP contribution < -0.4 is 10.0 Å². The normalized spacial score (nSPS) is 10.7. The number of thiophene rings is 1. The predicted molar refractivity (Wildman–Crippen MR) is 101 cm³/mol. The van der Waals surface area contributed by atoms with Crippen LogP contribution in [0.2, 0.25) is 0 Å². The first-order chi connectivity index (χ1) is 12.5. The Kier molecular flexibility index (Phi) is 5.02. The van der Waals surface area contributed by atoms with Crippen molar-refractivity contribution < 1.29 is 13.2 Å². The van der Waals surface area contributed by atoms with Gasteiger partial charge in [-0.2, -0.15) is 5.26 Å². The van der Waals surface area contributed by atoms with E-state index in [2.05, 4.69) is 10.0 Å². The number of carbonyl (C=O) groups excluding carboxylic acids is 1. The van der Waals surface area contributed by atoms with E-state index in [0.717, 1.165) is 11.3 Å². The molecule has 1 heterocycles. The van der Waals surface area contributed by atoms with E-state index in [0.29, 0.717) is 16.8 Å². The lowest BCUT2D eigenvalue weighted by atomic mass is 10.1. The lowest BCUT2D eigenvalue weighted by Crippen LogP contribution is -2.14. The minimum Gasteiger partial charge on any atom is -0.322 e. The van der Waals surface area contributed by atoms with Gasteiger partial charge in [0.2, 0.25) is 0 Å². The summed E-state index contributed by atoms with van der Waals surface area (Å²) in [6, 6.07) is 17.9. The highest BCUT2D eigenvalue weighted by Gasteiger charge is 2.16. The molecule has 2 aromatic carbocycles. The molecule has 8 heteroatoms. The topological polar surface area (TPSA) is 99.1 Å². The first-order valence-corrected chi connectivity index (χ1v) is 9.82. The molecule has 3 rings (SSSR count). The van der Waals surface area contributed by atoms with Crippen LogP contribution in [0.15, 0.2) is 70.3 Å².